The second-order valence-electron chi connectivity index (χ2n) is 6.45. The molecule has 5 heteroatoms. The van der Waals surface area contributed by atoms with Crippen molar-refractivity contribution in [2.45, 2.75) is 13.1 Å². The molecule has 0 aliphatic carbocycles. The fraction of sp³-hybridized carbons (Fsp3) is 0.130. The first-order valence-corrected chi connectivity index (χ1v) is 10.7. The van der Waals surface area contributed by atoms with E-state index in [1.54, 1.807) is 7.11 Å². The van der Waals surface area contributed by atoms with Gasteiger partial charge in [-0.15, -0.1) is 10.2 Å². The van der Waals surface area contributed by atoms with E-state index in [-0.39, 0.29) is 0 Å². The summed E-state index contributed by atoms with van der Waals surface area (Å²) in [5.41, 5.74) is 1.05. The van der Waals surface area contributed by atoms with Crippen molar-refractivity contribution in [3.63, 3.8) is 0 Å². The summed E-state index contributed by atoms with van der Waals surface area (Å²) in [6.07, 6.45) is 0.830. The Morgan fingerprint density at radius 2 is 1.36 bits per heavy atom. The number of benzene rings is 3. The van der Waals surface area contributed by atoms with E-state index in [1.165, 1.54) is 10.6 Å². The van der Waals surface area contributed by atoms with E-state index in [2.05, 4.69) is 75.4 Å². The van der Waals surface area contributed by atoms with E-state index < -0.39 is 7.92 Å². The molecule has 0 fully saturated rings. The van der Waals surface area contributed by atoms with Crippen molar-refractivity contribution in [3.8, 4) is 11.4 Å². The largest absolute Gasteiger partial charge is 0.497 e. The van der Waals surface area contributed by atoms with Crippen molar-refractivity contribution in [2.75, 3.05) is 7.11 Å². The number of methoxy groups -OCH3 is 1. The van der Waals surface area contributed by atoms with Gasteiger partial charge in [0.2, 0.25) is 0 Å². The highest BCUT2D eigenvalue weighted by Gasteiger charge is 2.19. The predicted molar refractivity (Wildman–Crippen MR) is 115 cm³/mol. The average molecular weight is 387 g/mol. The molecule has 0 atom stereocenters. The molecule has 28 heavy (non-hydrogen) atoms. The Morgan fingerprint density at radius 1 is 0.786 bits per heavy atom. The third-order valence-electron chi connectivity index (χ3n) is 4.66. The lowest BCUT2D eigenvalue weighted by atomic mass is 10.3. The number of nitrogens with zero attached hydrogens (tertiary/aromatic N) is 3. The van der Waals surface area contributed by atoms with Gasteiger partial charge in [-0.2, -0.15) is 0 Å². The average Bonchev–Trinajstić information content (AvgIpc) is 3.13. The van der Waals surface area contributed by atoms with Crippen molar-refractivity contribution in [2.24, 2.45) is 0 Å². The van der Waals surface area contributed by atoms with Crippen LogP contribution in [0.5, 0.6) is 5.75 Å². The SMILES string of the molecule is COc1ccc(-n2c(C)nnc2CP(c2ccccc2)c2ccccc2)cc1. The maximum atomic E-state index is 5.29. The first-order valence-electron chi connectivity index (χ1n) is 9.19. The molecule has 0 spiro atoms. The van der Waals surface area contributed by atoms with Crippen molar-refractivity contribution in [1.29, 1.82) is 0 Å². The van der Waals surface area contributed by atoms with Gasteiger partial charge in [0.25, 0.3) is 0 Å². The van der Waals surface area contributed by atoms with Gasteiger partial charge in [-0.05, 0) is 49.7 Å². The van der Waals surface area contributed by atoms with Crippen LogP contribution in [0.2, 0.25) is 0 Å². The zero-order chi connectivity index (χ0) is 19.3. The molecule has 4 nitrogen and oxygen atoms in total. The van der Waals surface area contributed by atoms with E-state index in [0.717, 1.165) is 29.2 Å². The highest BCUT2D eigenvalue weighted by molar-refractivity contribution is 7.72. The Kier molecular flexibility index (Phi) is 5.50. The van der Waals surface area contributed by atoms with E-state index in [4.69, 9.17) is 4.74 Å². The lowest BCUT2D eigenvalue weighted by molar-refractivity contribution is 0.414. The zero-order valence-electron chi connectivity index (χ0n) is 16.0. The Hall–Kier alpha value is -2.97. The number of hydrogen-bond acceptors (Lipinski definition) is 3. The molecule has 0 aliphatic rings. The van der Waals surface area contributed by atoms with Gasteiger partial charge in [-0.25, -0.2) is 0 Å². The summed E-state index contributed by atoms with van der Waals surface area (Å²) >= 11 is 0. The van der Waals surface area contributed by atoms with E-state index >= 15 is 0 Å². The molecule has 1 heterocycles. The number of rotatable bonds is 6. The first kappa shape index (κ1) is 18.4. The Morgan fingerprint density at radius 3 is 1.89 bits per heavy atom. The van der Waals surface area contributed by atoms with Gasteiger partial charge in [0.05, 0.1) is 7.11 Å². The second-order valence-corrected chi connectivity index (χ2v) is 8.66. The normalized spacial score (nSPS) is 11.0. The molecule has 0 N–H and O–H groups in total. The van der Waals surface area contributed by atoms with Crippen LogP contribution in [0.25, 0.3) is 5.69 Å². The van der Waals surface area contributed by atoms with Gasteiger partial charge >= 0.3 is 0 Å². The molecule has 140 valence electrons. The smallest absolute Gasteiger partial charge is 0.142 e. The summed E-state index contributed by atoms with van der Waals surface area (Å²) in [7, 11) is 1.10. The summed E-state index contributed by atoms with van der Waals surface area (Å²) in [6.45, 7) is 1.99. The van der Waals surface area contributed by atoms with Crippen molar-refractivity contribution >= 4 is 18.5 Å². The van der Waals surface area contributed by atoms with Crippen LogP contribution < -0.4 is 15.3 Å². The van der Waals surface area contributed by atoms with Crippen molar-refractivity contribution in [3.05, 3.63) is 96.6 Å². The minimum absolute atomic E-state index is 0.578. The molecule has 0 radical (unpaired) electrons. The maximum Gasteiger partial charge on any atom is 0.142 e. The molecule has 4 rings (SSSR count). The number of aryl methyl sites for hydroxylation is 1. The van der Waals surface area contributed by atoms with Gasteiger partial charge in [0.1, 0.15) is 17.4 Å². The highest BCUT2D eigenvalue weighted by Crippen LogP contribution is 2.38. The summed E-state index contributed by atoms with van der Waals surface area (Å²) in [4.78, 5) is 0. The Labute approximate surface area is 166 Å². The fourth-order valence-corrected chi connectivity index (χ4v) is 5.48. The topological polar surface area (TPSA) is 39.9 Å². The predicted octanol–water partition coefficient (Wildman–Crippen LogP) is 4.22. The fourth-order valence-electron chi connectivity index (χ4n) is 3.26. The Balaban J connectivity index is 1.74. The number of ether oxygens (including phenoxy) is 1. The summed E-state index contributed by atoms with van der Waals surface area (Å²) in [5, 5.41) is 11.6. The second kappa shape index (κ2) is 8.37. The third kappa shape index (κ3) is 3.83. The van der Waals surface area contributed by atoms with Crippen LogP contribution in [-0.2, 0) is 6.16 Å². The standard InChI is InChI=1S/C23H22N3OP/c1-18-24-25-23(26(18)19-13-15-20(27-2)16-14-19)17-28(21-9-5-3-6-10-21)22-11-7-4-8-12-22/h3-16H,17H2,1-2H3. The zero-order valence-corrected chi connectivity index (χ0v) is 16.9. The van der Waals surface area contributed by atoms with Crippen LogP contribution in [0.1, 0.15) is 11.6 Å². The van der Waals surface area contributed by atoms with Crippen LogP contribution in [-0.4, -0.2) is 21.9 Å². The molecule has 0 unspecified atom stereocenters. The monoisotopic (exact) mass is 387 g/mol. The third-order valence-corrected chi connectivity index (χ3v) is 7.10. The molecule has 0 saturated carbocycles. The number of aromatic nitrogens is 3. The molecule has 0 bridgehead atoms. The highest BCUT2D eigenvalue weighted by atomic mass is 31.1. The lowest BCUT2D eigenvalue weighted by Crippen LogP contribution is -2.15. The van der Waals surface area contributed by atoms with Gasteiger partial charge in [-0.3, -0.25) is 4.57 Å². The van der Waals surface area contributed by atoms with Gasteiger partial charge < -0.3 is 4.74 Å². The van der Waals surface area contributed by atoms with Crippen molar-refractivity contribution in [1.82, 2.24) is 14.8 Å². The van der Waals surface area contributed by atoms with E-state index in [9.17, 15) is 0 Å². The van der Waals surface area contributed by atoms with Crippen LogP contribution in [0, 0.1) is 6.92 Å². The summed E-state index contributed by atoms with van der Waals surface area (Å²) in [5.74, 6) is 2.70. The van der Waals surface area contributed by atoms with Crippen LogP contribution >= 0.6 is 7.92 Å². The first-order chi connectivity index (χ1) is 13.8. The molecule has 4 aromatic rings. The molecule has 0 saturated heterocycles. The molecular weight excluding hydrogens is 365 g/mol. The van der Waals surface area contributed by atoms with Crippen LogP contribution in [0.3, 0.4) is 0 Å². The van der Waals surface area contributed by atoms with Crippen molar-refractivity contribution < 1.29 is 4.74 Å². The van der Waals surface area contributed by atoms with Gasteiger partial charge in [0, 0.05) is 11.8 Å². The van der Waals surface area contributed by atoms with E-state index in [0.29, 0.717) is 0 Å². The maximum absolute atomic E-state index is 5.29. The lowest BCUT2D eigenvalue weighted by Gasteiger charge is -2.19. The summed E-state index contributed by atoms with van der Waals surface area (Å²) in [6, 6.07) is 29.4. The van der Waals surface area contributed by atoms with Gasteiger partial charge in [-0.1, -0.05) is 60.7 Å². The van der Waals surface area contributed by atoms with E-state index in [1.807, 2.05) is 31.2 Å². The molecular formula is C23H22N3OP. The molecule has 0 amide bonds. The minimum Gasteiger partial charge on any atom is -0.497 e. The van der Waals surface area contributed by atoms with Crippen LogP contribution in [0.4, 0.5) is 0 Å². The minimum atomic E-state index is -0.578. The van der Waals surface area contributed by atoms with Crippen LogP contribution in [0.15, 0.2) is 84.9 Å². The quantitative estimate of drug-likeness (QED) is 0.465. The summed E-state index contributed by atoms with van der Waals surface area (Å²) < 4.78 is 7.43. The Bertz CT molecular complexity index is 991. The number of hydrogen-bond donors (Lipinski definition) is 0. The molecule has 3 aromatic carbocycles. The van der Waals surface area contributed by atoms with Gasteiger partial charge in [0.15, 0.2) is 0 Å². The molecule has 0 aliphatic heterocycles. The molecule has 1 aromatic heterocycles.